The third-order valence-corrected chi connectivity index (χ3v) is 6.57. The zero-order chi connectivity index (χ0) is 14.9. The minimum atomic E-state index is -3.32. The van der Waals surface area contributed by atoms with Gasteiger partial charge in [0, 0.05) is 23.2 Å². The van der Waals surface area contributed by atoms with E-state index in [9.17, 15) is 8.42 Å². The van der Waals surface area contributed by atoms with Gasteiger partial charge in [-0.2, -0.15) is 4.31 Å². The first-order valence-corrected chi connectivity index (χ1v) is 9.26. The van der Waals surface area contributed by atoms with Gasteiger partial charge in [0.2, 0.25) is 10.0 Å². The zero-order valence-electron chi connectivity index (χ0n) is 11.8. The number of hydrogen-bond acceptors (Lipinski definition) is 3. The van der Waals surface area contributed by atoms with Crippen LogP contribution in [0.25, 0.3) is 0 Å². The van der Waals surface area contributed by atoms with Crippen LogP contribution in [0.2, 0.25) is 0 Å². The summed E-state index contributed by atoms with van der Waals surface area (Å²) < 4.78 is 26.5. The van der Waals surface area contributed by atoms with Gasteiger partial charge in [-0.3, -0.25) is 0 Å². The Morgan fingerprint density at radius 3 is 2.43 bits per heavy atom. The fraction of sp³-hybridized carbons (Fsp3) is 0.250. The van der Waals surface area contributed by atoms with Crippen LogP contribution in [0.3, 0.4) is 0 Å². The molecule has 2 aromatic rings. The molecule has 3 rings (SSSR count). The Balaban J connectivity index is 1.63. The lowest BCUT2D eigenvalue weighted by Crippen LogP contribution is -2.15. The van der Waals surface area contributed by atoms with Crippen molar-refractivity contribution in [2.45, 2.75) is 22.8 Å². The summed E-state index contributed by atoms with van der Waals surface area (Å²) in [5.74, 6) is 0.801. The number of hydrogen-bond donors (Lipinski definition) is 0. The number of aryl methyl sites for hydroxylation is 1. The van der Waals surface area contributed by atoms with Crippen LogP contribution in [0.4, 0.5) is 0 Å². The van der Waals surface area contributed by atoms with Gasteiger partial charge in [-0.1, -0.05) is 35.9 Å². The molecule has 0 amide bonds. The van der Waals surface area contributed by atoms with Crippen LogP contribution in [0.5, 0.6) is 0 Å². The van der Waals surface area contributed by atoms with E-state index >= 15 is 0 Å². The quantitative estimate of drug-likeness (QED) is 0.627. The van der Waals surface area contributed by atoms with Crippen LogP contribution >= 0.6 is 11.8 Å². The van der Waals surface area contributed by atoms with Crippen molar-refractivity contribution in [1.29, 1.82) is 0 Å². The average molecular weight is 319 g/mol. The Hall–Kier alpha value is -1.30. The first-order valence-electron chi connectivity index (χ1n) is 6.84. The molecule has 2 aromatic carbocycles. The second kappa shape index (κ2) is 5.83. The Morgan fingerprint density at radius 2 is 1.76 bits per heavy atom. The SMILES string of the molecule is Cc1ccc(S(=O)(=O)N2CC2CSc2ccccc2)cc1. The molecule has 1 aliphatic heterocycles. The van der Waals surface area contributed by atoms with Crippen LogP contribution in [0.15, 0.2) is 64.4 Å². The van der Waals surface area contributed by atoms with E-state index in [1.54, 1.807) is 28.2 Å². The molecular weight excluding hydrogens is 302 g/mol. The number of benzene rings is 2. The summed E-state index contributed by atoms with van der Waals surface area (Å²) in [5, 5.41) is 0. The molecule has 0 bridgehead atoms. The minimum Gasteiger partial charge on any atom is -0.207 e. The van der Waals surface area contributed by atoms with Crippen LogP contribution < -0.4 is 0 Å². The van der Waals surface area contributed by atoms with Crippen molar-refractivity contribution in [3.63, 3.8) is 0 Å². The van der Waals surface area contributed by atoms with Crippen LogP contribution in [-0.4, -0.2) is 31.1 Å². The van der Waals surface area contributed by atoms with Crippen molar-refractivity contribution in [3.05, 3.63) is 60.2 Å². The smallest absolute Gasteiger partial charge is 0.207 e. The number of nitrogens with zero attached hydrogens (tertiary/aromatic N) is 1. The highest BCUT2D eigenvalue weighted by atomic mass is 32.2. The molecule has 110 valence electrons. The van der Waals surface area contributed by atoms with Crippen LogP contribution in [0, 0.1) is 6.92 Å². The lowest BCUT2D eigenvalue weighted by Gasteiger charge is -2.06. The average Bonchev–Trinajstić information content (AvgIpc) is 3.27. The van der Waals surface area contributed by atoms with Gasteiger partial charge in [-0.05, 0) is 31.2 Å². The highest BCUT2D eigenvalue weighted by Gasteiger charge is 2.44. The molecule has 0 aliphatic carbocycles. The summed E-state index contributed by atoms with van der Waals surface area (Å²) in [6, 6.07) is 17.2. The Labute approximate surface area is 130 Å². The molecule has 1 heterocycles. The molecule has 2 atom stereocenters. The van der Waals surface area contributed by atoms with Crippen molar-refractivity contribution in [2.24, 2.45) is 0 Å². The lowest BCUT2D eigenvalue weighted by atomic mass is 10.2. The summed E-state index contributed by atoms with van der Waals surface area (Å²) in [6.07, 6.45) is 0. The van der Waals surface area contributed by atoms with Gasteiger partial charge in [-0.25, -0.2) is 8.42 Å². The Kier molecular flexibility index (Phi) is 4.06. The molecule has 0 aromatic heterocycles. The predicted molar refractivity (Wildman–Crippen MR) is 86.0 cm³/mol. The topological polar surface area (TPSA) is 37.1 Å². The van der Waals surface area contributed by atoms with Crippen molar-refractivity contribution in [3.8, 4) is 0 Å². The van der Waals surface area contributed by atoms with Gasteiger partial charge >= 0.3 is 0 Å². The molecule has 21 heavy (non-hydrogen) atoms. The van der Waals surface area contributed by atoms with Gasteiger partial charge in [0.15, 0.2) is 0 Å². The summed E-state index contributed by atoms with van der Waals surface area (Å²) in [7, 11) is -3.32. The molecule has 1 aliphatic rings. The molecular formula is C16H17NO2S2. The summed E-state index contributed by atoms with van der Waals surface area (Å²) in [5.41, 5.74) is 1.07. The highest BCUT2D eigenvalue weighted by molar-refractivity contribution is 7.99. The van der Waals surface area contributed by atoms with E-state index < -0.39 is 10.0 Å². The Morgan fingerprint density at radius 1 is 1.10 bits per heavy atom. The molecule has 0 N–H and O–H groups in total. The van der Waals surface area contributed by atoms with E-state index in [0.717, 1.165) is 11.3 Å². The fourth-order valence-electron chi connectivity index (χ4n) is 2.15. The zero-order valence-corrected chi connectivity index (χ0v) is 13.4. The third-order valence-electron chi connectivity index (χ3n) is 3.48. The molecule has 1 saturated heterocycles. The third kappa shape index (κ3) is 3.31. The van der Waals surface area contributed by atoms with Crippen molar-refractivity contribution < 1.29 is 8.42 Å². The first-order chi connectivity index (χ1) is 10.1. The standard InChI is InChI=1S/C16H17NO2S2/c1-13-7-9-16(10-8-13)21(18,19)17-11-14(17)12-20-15-5-3-2-4-6-15/h2-10,14H,11-12H2,1H3. The Bertz CT molecular complexity index is 712. The maximum atomic E-state index is 12.4. The van der Waals surface area contributed by atoms with E-state index in [0.29, 0.717) is 11.4 Å². The van der Waals surface area contributed by atoms with Gasteiger partial charge in [0.25, 0.3) is 0 Å². The maximum Gasteiger partial charge on any atom is 0.243 e. The monoisotopic (exact) mass is 319 g/mol. The fourth-order valence-corrected chi connectivity index (χ4v) is 4.85. The lowest BCUT2D eigenvalue weighted by molar-refractivity contribution is 0.556. The van der Waals surface area contributed by atoms with Crippen molar-refractivity contribution >= 4 is 21.8 Å². The number of sulfonamides is 1. The summed E-state index contributed by atoms with van der Waals surface area (Å²) in [4.78, 5) is 1.57. The van der Waals surface area contributed by atoms with Crippen LogP contribution in [0.1, 0.15) is 5.56 Å². The highest BCUT2D eigenvalue weighted by Crippen LogP contribution is 2.32. The van der Waals surface area contributed by atoms with Crippen molar-refractivity contribution in [2.75, 3.05) is 12.3 Å². The first kappa shape index (κ1) is 14.6. The number of rotatable bonds is 5. The predicted octanol–water partition coefficient (Wildman–Crippen LogP) is 3.16. The normalized spacial score (nSPS) is 21.2. The maximum absolute atomic E-state index is 12.4. The summed E-state index contributed by atoms with van der Waals surface area (Å²) in [6.45, 7) is 2.57. The molecule has 2 unspecified atom stereocenters. The molecule has 0 spiro atoms. The van der Waals surface area contributed by atoms with E-state index in [4.69, 9.17) is 0 Å². The van der Waals surface area contributed by atoms with E-state index in [2.05, 4.69) is 0 Å². The van der Waals surface area contributed by atoms with E-state index in [1.807, 2.05) is 49.4 Å². The summed E-state index contributed by atoms with van der Waals surface area (Å²) >= 11 is 1.70. The molecule has 0 radical (unpaired) electrons. The number of thioether (sulfide) groups is 1. The van der Waals surface area contributed by atoms with Gasteiger partial charge in [-0.15, -0.1) is 11.8 Å². The van der Waals surface area contributed by atoms with Crippen LogP contribution in [-0.2, 0) is 10.0 Å². The van der Waals surface area contributed by atoms with E-state index in [1.165, 1.54) is 4.90 Å². The second-order valence-electron chi connectivity index (χ2n) is 5.17. The molecule has 5 heteroatoms. The molecule has 0 saturated carbocycles. The second-order valence-corrected chi connectivity index (χ2v) is 8.15. The van der Waals surface area contributed by atoms with E-state index in [-0.39, 0.29) is 6.04 Å². The van der Waals surface area contributed by atoms with Crippen molar-refractivity contribution in [1.82, 2.24) is 4.31 Å². The molecule has 3 nitrogen and oxygen atoms in total. The largest absolute Gasteiger partial charge is 0.243 e. The molecule has 1 fully saturated rings. The van der Waals surface area contributed by atoms with Gasteiger partial charge < -0.3 is 0 Å². The minimum absolute atomic E-state index is 0.113. The van der Waals surface area contributed by atoms with Gasteiger partial charge in [0.1, 0.15) is 0 Å². The van der Waals surface area contributed by atoms with Gasteiger partial charge in [0.05, 0.1) is 4.90 Å².